The summed E-state index contributed by atoms with van der Waals surface area (Å²) in [5, 5.41) is 12.1. The number of carbonyl (C=O) groups is 1. The van der Waals surface area contributed by atoms with Gasteiger partial charge in [0.15, 0.2) is 0 Å². The number of aliphatic carboxylic acids is 1. The van der Waals surface area contributed by atoms with Crippen LogP contribution in [0.1, 0.15) is 44.9 Å². The van der Waals surface area contributed by atoms with Crippen molar-refractivity contribution < 1.29 is 14.6 Å². The maximum absolute atomic E-state index is 10.9. The smallest absolute Gasteiger partial charge is 0.323 e. The summed E-state index contributed by atoms with van der Waals surface area (Å²) in [7, 11) is 1.54. The predicted octanol–water partition coefficient (Wildman–Crippen LogP) is 2.04. The van der Waals surface area contributed by atoms with Crippen molar-refractivity contribution in [1.82, 2.24) is 5.32 Å². The summed E-state index contributed by atoms with van der Waals surface area (Å²) in [6, 6.07) is -0.564. The second-order valence-corrected chi connectivity index (χ2v) is 4.97. The van der Waals surface area contributed by atoms with Crippen molar-refractivity contribution in [2.45, 2.75) is 51.0 Å². The molecular weight excluding hydrogens is 218 g/mol. The Morgan fingerprint density at radius 2 is 1.88 bits per heavy atom. The van der Waals surface area contributed by atoms with Gasteiger partial charge in [0.1, 0.15) is 6.04 Å². The zero-order valence-electron chi connectivity index (χ0n) is 10.8. The molecule has 1 aliphatic carbocycles. The van der Waals surface area contributed by atoms with E-state index in [1.165, 1.54) is 52.1 Å². The number of ether oxygens (including phenoxy) is 1. The van der Waals surface area contributed by atoms with Gasteiger partial charge in [-0.05, 0) is 25.3 Å². The van der Waals surface area contributed by atoms with E-state index in [0.29, 0.717) is 5.92 Å². The first-order valence-electron chi connectivity index (χ1n) is 6.69. The third-order valence-electron chi connectivity index (χ3n) is 3.51. The summed E-state index contributed by atoms with van der Waals surface area (Å²) in [4.78, 5) is 10.9. The Morgan fingerprint density at radius 3 is 2.41 bits per heavy atom. The zero-order valence-corrected chi connectivity index (χ0v) is 10.8. The van der Waals surface area contributed by atoms with Gasteiger partial charge in [-0.15, -0.1) is 0 Å². The van der Waals surface area contributed by atoms with Crippen LogP contribution in [-0.2, 0) is 9.53 Å². The van der Waals surface area contributed by atoms with Crippen molar-refractivity contribution in [3.05, 3.63) is 0 Å². The van der Waals surface area contributed by atoms with Gasteiger partial charge in [-0.3, -0.25) is 4.79 Å². The summed E-state index contributed by atoms with van der Waals surface area (Å²) in [5.41, 5.74) is 0. The van der Waals surface area contributed by atoms with Crippen LogP contribution in [0.15, 0.2) is 0 Å². The van der Waals surface area contributed by atoms with Crippen LogP contribution < -0.4 is 5.32 Å². The number of rotatable bonds is 6. The van der Waals surface area contributed by atoms with E-state index in [1.807, 2.05) is 0 Å². The molecule has 0 aromatic carbocycles. The van der Waals surface area contributed by atoms with E-state index in [4.69, 9.17) is 9.84 Å². The molecule has 2 N–H and O–H groups in total. The Kier molecular flexibility index (Phi) is 7.21. The number of methoxy groups -OCH3 is 1. The highest BCUT2D eigenvalue weighted by Crippen LogP contribution is 2.21. The summed E-state index contributed by atoms with van der Waals surface area (Å²) in [6.45, 7) is 1.04. The molecule has 1 atom stereocenters. The molecule has 0 heterocycles. The largest absolute Gasteiger partial charge is 0.480 e. The maximum atomic E-state index is 10.9. The molecule has 0 bridgehead atoms. The molecule has 0 spiro atoms. The SMILES string of the molecule is COCC(NCC1CCCCCCC1)C(=O)O. The lowest BCUT2D eigenvalue weighted by molar-refractivity contribution is -0.140. The standard InChI is InChI=1S/C13H25NO3/c1-17-10-12(13(15)16)14-9-11-7-5-3-2-4-6-8-11/h11-12,14H,2-10H2,1H3,(H,15,16). The first-order chi connectivity index (χ1) is 8.24. The third-order valence-corrected chi connectivity index (χ3v) is 3.51. The van der Waals surface area contributed by atoms with Gasteiger partial charge in [0.25, 0.3) is 0 Å². The summed E-state index contributed by atoms with van der Waals surface area (Å²) < 4.78 is 4.91. The highest BCUT2D eigenvalue weighted by Gasteiger charge is 2.19. The second kappa shape index (κ2) is 8.48. The van der Waals surface area contributed by atoms with Crippen molar-refractivity contribution >= 4 is 5.97 Å². The van der Waals surface area contributed by atoms with Crippen LogP contribution in [0.2, 0.25) is 0 Å². The van der Waals surface area contributed by atoms with Gasteiger partial charge in [0.2, 0.25) is 0 Å². The maximum Gasteiger partial charge on any atom is 0.323 e. The molecule has 1 unspecified atom stereocenters. The van der Waals surface area contributed by atoms with Crippen molar-refractivity contribution in [3.8, 4) is 0 Å². The van der Waals surface area contributed by atoms with Gasteiger partial charge in [-0.25, -0.2) is 0 Å². The Hall–Kier alpha value is -0.610. The highest BCUT2D eigenvalue weighted by atomic mass is 16.5. The van der Waals surface area contributed by atoms with Crippen LogP contribution in [0.5, 0.6) is 0 Å². The first kappa shape index (κ1) is 14.5. The van der Waals surface area contributed by atoms with Crippen molar-refractivity contribution in [2.75, 3.05) is 20.3 Å². The molecule has 100 valence electrons. The molecule has 0 saturated heterocycles. The van der Waals surface area contributed by atoms with Crippen LogP contribution >= 0.6 is 0 Å². The van der Waals surface area contributed by atoms with E-state index in [2.05, 4.69) is 5.32 Å². The average Bonchev–Trinajstić information content (AvgIpc) is 2.25. The molecule has 1 aliphatic rings. The average molecular weight is 243 g/mol. The molecule has 0 aromatic heterocycles. The summed E-state index contributed by atoms with van der Waals surface area (Å²) in [5.74, 6) is -0.188. The fourth-order valence-electron chi connectivity index (χ4n) is 2.44. The van der Waals surface area contributed by atoms with Gasteiger partial charge in [0.05, 0.1) is 6.61 Å². The normalized spacial score (nSPS) is 20.5. The second-order valence-electron chi connectivity index (χ2n) is 4.97. The van der Waals surface area contributed by atoms with Crippen LogP contribution in [0.25, 0.3) is 0 Å². The van der Waals surface area contributed by atoms with E-state index >= 15 is 0 Å². The predicted molar refractivity (Wildman–Crippen MR) is 67.1 cm³/mol. The molecule has 0 aliphatic heterocycles. The Balaban J connectivity index is 2.27. The lowest BCUT2D eigenvalue weighted by Gasteiger charge is -2.22. The molecule has 1 saturated carbocycles. The molecule has 0 aromatic rings. The van der Waals surface area contributed by atoms with Crippen LogP contribution in [0.3, 0.4) is 0 Å². The van der Waals surface area contributed by atoms with Crippen molar-refractivity contribution in [3.63, 3.8) is 0 Å². The number of hydrogen-bond donors (Lipinski definition) is 2. The molecule has 4 heteroatoms. The lowest BCUT2D eigenvalue weighted by Crippen LogP contribution is -2.42. The molecule has 0 amide bonds. The van der Waals surface area contributed by atoms with Gasteiger partial charge in [0, 0.05) is 7.11 Å². The highest BCUT2D eigenvalue weighted by molar-refractivity contribution is 5.73. The van der Waals surface area contributed by atoms with E-state index < -0.39 is 12.0 Å². The van der Waals surface area contributed by atoms with E-state index in [1.54, 1.807) is 0 Å². The molecule has 0 radical (unpaired) electrons. The Labute approximate surface area is 104 Å². The van der Waals surface area contributed by atoms with E-state index in [-0.39, 0.29) is 6.61 Å². The first-order valence-corrected chi connectivity index (χ1v) is 6.69. The number of carboxylic acids is 1. The summed E-state index contributed by atoms with van der Waals surface area (Å²) in [6.07, 6.45) is 9.05. The topological polar surface area (TPSA) is 58.6 Å². The third kappa shape index (κ3) is 6.03. The minimum atomic E-state index is -0.822. The van der Waals surface area contributed by atoms with Crippen LogP contribution in [0, 0.1) is 5.92 Å². The molecule has 17 heavy (non-hydrogen) atoms. The number of carboxylic acid groups (broad SMARTS) is 1. The fraction of sp³-hybridized carbons (Fsp3) is 0.923. The molecule has 1 rings (SSSR count). The number of nitrogens with one attached hydrogen (secondary N) is 1. The fourth-order valence-corrected chi connectivity index (χ4v) is 2.44. The van der Waals surface area contributed by atoms with Crippen LogP contribution in [0.4, 0.5) is 0 Å². The van der Waals surface area contributed by atoms with Gasteiger partial charge in [-0.1, -0.05) is 32.1 Å². The minimum absolute atomic E-state index is 0.238. The van der Waals surface area contributed by atoms with Gasteiger partial charge < -0.3 is 15.2 Å². The molecule has 4 nitrogen and oxygen atoms in total. The summed E-state index contributed by atoms with van der Waals surface area (Å²) >= 11 is 0. The zero-order chi connectivity index (χ0) is 12.5. The van der Waals surface area contributed by atoms with Gasteiger partial charge in [-0.2, -0.15) is 0 Å². The van der Waals surface area contributed by atoms with Gasteiger partial charge >= 0.3 is 5.97 Å². The van der Waals surface area contributed by atoms with Crippen LogP contribution in [-0.4, -0.2) is 37.4 Å². The van der Waals surface area contributed by atoms with E-state index in [0.717, 1.165) is 6.54 Å². The quantitative estimate of drug-likeness (QED) is 0.749. The molecular formula is C13H25NO3. The Morgan fingerprint density at radius 1 is 1.29 bits per heavy atom. The lowest BCUT2D eigenvalue weighted by atomic mass is 9.91. The van der Waals surface area contributed by atoms with Crippen molar-refractivity contribution in [1.29, 1.82) is 0 Å². The van der Waals surface area contributed by atoms with Crippen molar-refractivity contribution in [2.24, 2.45) is 5.92 Å². The monoisotopic (exact) mass is 243 g/mol. The Bertz CT molecular complexity index is 213. The van der Waals surface area contributed by atoms with E-state index in [9.17, 15) is 4.79 Å². The minimum Gasteiger partial charge on any atom is -0.480 e. The number of hydrogen-bond acceptors (Lipinski definition) is 3. The molecule has 1 fully saturated rings.